The highest BCUT2D eigenvalue weighted by molar-refractivity contribution is 7.92. The van der Waals surface area contributed by atoms with E-state index in [1.54, 1.807) is 25.1 Å². The average molecular weight is 391 g/mol. The van der Waals surface area contributed by atoms with Crippen molar-refractivity contribution in [1.82, 2.24) is 5.32 Å². The zero-order valence-corrected chi connectivity index (χ0v) is 16.7. The number of rotatable bonds is 10. The summed E-state index contributed by atoms with van der Waals surface area (Å²) in [6, 6.07) is 5.64. The third-order valence-corrected chi connectivity index (χ3v) is 4.88. The van der Waals surface area contributed by atoms with E-state index in [0.29, 0.717) is 36.7 Å². The quantitative estimate of drug-likeness (QED) is 0.623. The van der Waals surface area contributed by atoms with Crippen molar-refractivity contribution < 1.29 is 17.9 Å². The Bertz CT molecular complexity index is 664. The summed E-state index contributed by atoms with van der Waals surface area (Å²) in [7, 11) is -3.65. The SMILES string of the molecule is CC[C@H](C(=O)NCCCOC(C)C)N(c1cccc(Cl)c1)S(C)(=O)=O. The molecule has 0 radical (unpaired) electrons. The van der Waals surface area contributed by atoms with E-state index in [4.69, 9.17) is 16.3 Å². The zero-order valence-electron chi connectivity index (χ0n) is 15.2. The second-order valence-electron chi connectivity index (χ2n) is 6.03. The average Bonchev–Trinajstić information content (AvgIpc) is 2.50. The van der Waals surface area contributed by atoms with Crippen molar-refractivity contribution in [2.24, 2.45) is 0 Å². The van der Waals surface area contributed by atoms with Gasteiger partial charge in [-0.1, -0.05) is 24.6 Å². The molecule has 0 saturated carbocycles. The summed E-state index contributed by atoms with van der Waals surface area (Å²) >= 11 is 5.97. The van der Waals surface area contributed by atoms with Crippen molar-refractivity contribution in [2.45, 2.75) is 45.8 Å². The Labute approximate surface area is 155 Å². The summed E-state index contributed by atoms with van der Waals surface area (Å²) in [6.07, 6.45) is 2.23. The number of hydrogen-bond donors (Lipinski definition) is 1. The molecule has 0 bridgehead atoms. The van der Waals surface area contributed by atoms with Crippen LogP contribution in [0.15, 0.2) is 24.3 Å². The van der Waals surface area contributed by atoms with Crippen LogP contribution in [0.4, 0.5) is 5.69 Å². The maximum Gasteiger partial charge on any atom is 0.243 e. The molecular formula is C17H27ClN2O4S. The molecule has 0 aliphatic rings. The van der Waals surface area contributed by atoms with Crippen LogP contribution in [-0.2, 0) is 19.6 Å². The lowest BCUT2D eigenvalue weighted by Gasteiger charge is -2.30. The third kappa shape index (κ3) is 7.22. The number of nitrogens with zero attached hydrogens (tertiary/aromatic N) is 1. The maximum absolute atomic E-state index is 12.5. The predicted molar refractivity (Wildman–Crippen MR) is 102 cm³/mol. The minimum Gasteiger partial charge on any atom is -0.379 e. The van der Waals surface area contributed by atoms with E-state index in [9.17, 15) is 13.2 Å². The molecule has 1 aromatic carbocycles. The molecule has 0 aromatic heterocycles. The lowest BCUT2D eigenvalue weighted by atomic mass is 10.2. The van der Waals surface area contributed by atoms with Crippen LogP contribution in [0.2, 0.25) is 5.02 Å². The van der Waals surface area contributed by atoms with E-state index >= 15 is 0 Å². The summed E-state index contributed by atoms with van der Waals surface area (Å²) in [6.45, 7) is 6.63. The molecule has 1 atom stereocenters. The van der Waals surface area contributed by atoms with Gasteiger partial charge in [0.1, 0.15) is 6.04 Å². The van der Waals surface area contributed by atoms with Crippen LogP contribution in [-0.4, -0.2) is 45.9 Å². The molecule has 0 heterocycles. The van der Waals surface area contributed by atoms with Gasteiger partial charge in [-0.3, -0.25) is 9.10 Å². The van der Waals surface area contributed by atoms with Crippen molar-refractivity contribution in [3.05, 3.63) is 29.3 Å². The fraction of sp³-hybridized carbons (Fsp3) is 0.588. The first kappa shape index (κ1) is 21.7. The van der Waals surface area contributed by atoms with Crippen LogP contribution < -0.4 is 9.62 Å². The van der Waals surface area contributed by atoms with Crippen molar-refractivity contribution in [3.63, 3.8) is 0 Å². The first-order valence-electron chi connectivity index (χ1n) is 8.31. The number of sulfonamides is 1. The number of carbonyl (C=O) groups is 1. The summed E-state index contributed by atoms with van der Waals surface area (Å²) in [5.41, 5.74) is 0.375. The van der Waals surface area contributed by atoms with Crippen LogP contribution >= 0.6 is 11.6 Å². The van der Waals surface area contributed by atoms with Gasteiger partial charge in [-0.2, -0.15) is 0 Å². The second kappa shape index (κ2) is 9.99. The van der Waals surface area contributed by atoms with E-state index in [0.717, 1.165) is 10.6 Å². The number of halogens is 1. The highest BCUT2D eigenvalue weighted by Crippen LogP contribution is 2.25. The van der Waals surface area contributed by atoms with Gasteiger partial charge < -0.3 is 10.1 Å². The van der Waals surface area contributed by atoms with Crippen molar-refractivity contribution in [1.29, 1.82) is 0 Å². The van der Waals surface area contributed by atoms with Gasteiger partial charge in [-0.05, 0) is 44.9 Å². The molecule has 1 N–H and O–H groups in total. The Hall–Kier alpha value is -1.31. The minimum atomic E-state index is -3.65. The Kier molecular flexibility index (Phi) is 8.68. The highest BCUT2D eigenvalue weighted by Gasteiger charge is 2.31. The molecule has 0 unspecified atom stereocenters. The van der Waals surface area contributed by atoms with Gasteiger partial charge in [-0.15, -0.1) is 0 Å². The molecule has 0 aliphatic carbocycles. The standard InChI is InChI=1S/C17H27ClN2O4S/c1-5-16(17(21)19-10-7-11-24-13(2)3)20(25(4,22)23)15-9-6-8-14(18)12-15/h6,8-9,12-13,16H,5,7,10-11H2,1-4H3,(H,19,21)/t16-/m1/s1. The van der Waals surface area contributed by atoms with E-state index in [1.165, 1.54) is 6.07 Å². The van der Waals surface area contributed by atoms with Crippen molar-refractivity contribution >= 4 is 33.2 Å². The lowest BCUT2D eigenvalue weighted by molar-refractivity contribution is -0.122. The van der Waals surface area contributed by atoms with Crippen LogP contribution in [0.25, 0.3) is 0 Å². The molecule has 1 aromatic rings. The molecule has 0 spiro atoms. The third-order valence-electron chi connectivity index (χ3n) is 3.46. The summed E-state index contributed by atoms with van der Waals surface area (Å²) in [5.74, 6) is -0.336. The van der Waals surface area contributed by atoms with Gasteiger partial charge in [0.15, 0.2) is 0 Å². The number of benzene rings is 1. The predicted octanol–water partition coefficient (Wildman–Crippen LogP) is 2.82. The van der Waals surface area contributed by atoms with Crippen LogP contribution in [0.1, 0.15) is 33.6 Å². The molecule has 25 heavy (non-hydrogen) atoms. The van der Waals surface area contributed by atoms with Gasteiger partial charge in [0.25, 0.3) is 0 Å². The lowest BCUT2D eigenvalue weighted by Crippen LogP contribution is -2.49. The molecule has 1 rings (SSSR count). The molecule has 8 heteroatoms. The Balaban J connectivity index is 2.86. The Morgan fingerprint density at radius 1 is 1.36 bits per heavy atom. The van der Waals surface area contributed by atoms with E-state index in [2.05, 4.69) is 5.32 Å². The summed E-state index contributed by atoms with van der Waals surface area (Å²) < 4.78 is 31.1. The number of anilines is 1. The summed E-state index contributed by atoms with van der Waals surface area (Å²) in [4.78, 5) is 12.5. The van der Waals surface area contributed by atoms with Crippen LogP contribution in [0, 0.1) is 0 Å². The van der Waals surface area contributed by atoms with Gasteiger partial charge in [0.05, 0.1) is 18.0 Å². The van der Waals surface area contributed by atoms with Gasteiger partial charge in [0.2, 0.25) is 15.9 Å². The Morgan fingerprint density at radius 3 is 2.56 bits per heavy atom. The van der Waals surface area contributed by atoms with Gasteiger partial charge in [0, 0.05) is 18.2 Å². The number of amides is 1. The highest BCUT2D eigenvalue weighted by atomic mass is 35.5. The largest absolute Gasteiger partial charge is 0.379 e. The molecule has 0 saturated heterocycles. The maximum atomic E-state index is 12.5. The monoisotopic (exact) mass is 390 g/mol. The Morgan fingerprint density at radius 2 is 2.04 bits per heavy atom. The van der Waals surface area contributed by atoms with Crippen LogP contribution in [0.5, 0.6) is 0 Å². The number of ether oxygens (including phenoxy) is 1. The molecule has 1 amide bonds. The number of nitrogens with one attached hydrogen (secondary N) is 1. The van der Waals surface area contributed by atoms with Crippen LogP contribution in [0.3, 0.4) is 0 Å². The second-order valence-corrected chi connectivity index (χ2v) is 8.32. The minimum absolute atomic E-state index is 0.141. The van der Waals surface area contributed by atoms with E-state index in [1.807, 2.05) is 13.8 Å². The fourth-order valence-electron chi connectivity index (χ4n) is 2.39. The molecule has 6 nitrogen and oxygen atoms in total. The fourth-order valence-corrected chi connectivity index (χ4v) is 3.78. The van der Waals surface area contributed by atoms with Crippen molar-refractivity contribution in [3.8, 4) is 0 Å². The topological polar surface area (TPSA) is 75.7 Å². The van der Waals surface area contributed by atoms with E-state index in [-0.39, 0.29) is 12.0 Å². The molecule has 0 aliphatic heterocycles. The van der Waals surface area contributed by atoms with Crippen molar-refractivity contribution in [2.75, 3.05) is 23.7 Å². The first-order valence-corrected chi connectivity index (χ1v) is 10.5. The normalized spacial score (nSPS) is 12.9. The smallest absolute Gasteiger partial charge is 0.243 e. The number of hydrogen-bond acceptors (Lipinski definition) is 4. The summed E-state index contributed by atoms with van der Waals surface area (Å²) in [5, 5.41) is 3.20. The molecular weight excluding hydrogens is 364 g/mol. The van der Waals surface area contributed by atoms with Gasteiger partial charge in [-0.25, -0.2) is 8.42 Å². The zero-order chi connectivity index (χ0) is 19.0. The molecule has 0 fully saturated rings. The molecule has 142 valence electrons. The number of carbonyl (C=O) groups excluding carboxylic acids is 1. The van der Waals surface area contributed by atoms with Gasteiger partial charge >= 0.3 is 0 Å². The van der Waals surface area contributed by atoms with E-state index < -0.39 is 16.1 Å². The first-order chi connectivity index (χ1) is 11.7.